The molecule has 0 spiro atoms. The Kier molecular flexibility index (Phi) is 2.67. The van der Waals surface area contributed by atoms with Crippen molar-refractivity contribution in [3.63, 3.8) is 0 Å². The molecule has 2 aromatic carbocycles. The van der Waals surface area contributed by atoms with E-state index in [0.717, 1.165) is 22.0 Å². The van der Waals surface area contributed by atoms with Crippen LogP contribution < -0.4 is 5.73 Å². The zero-order valence-electron chi connectivity index (χ0n) is 11.0. The standard InChI is InChI=1S/C16H15N3/c1-10-6-8-12(9-7-10)16-18-13-5-3-4-11(2)14(13)15(17)19-16/h3-9H,1-2H3,(H2,17,18,19). The quantitative estimate of drug-likeness (QED) is 0.718. The van der Waals surface area contributed by atoms with Crippen LogP contribution in [0.25, 0.3) is 22.3 Å². The molecule has 0 amide bonds. The second-order valence-corrected chi connectivity index (χ2v) is 4.77. The van der Waals surface area contributed by atoms with Gasteiger partial charge in [-0.2, -0.15) is 0 Å². The highest BCUT2D eigenvalue weighted by Crippen LogP contribution is 2.25. The Morgan fingerprint density at radius 2 is 1.63 bits per heavy atom. The van der Waals surface area contributed by atoms with Gasteiger partial charge in [-0.1, -0.05) is 42.0 Å². The number of fused-ring (bicyclic) bond motifs is 1. The van der Waals surface area contributed by atoms with Gasteiger partial charge in [0.15, 0.2) is 5.82 Å². The van der Waals surface area contributed by atoms with Crippen LogP contribution in [0, 0.1) is 13.8 Å². The lowest BCUT2D eigenvalue weighted by atomic mass is 10.1. The molecule has 0 atom stereocenters. The molecule has 3 aromatic rings. The molecule has 0 saturated carbocycles. The molecule has 19 heavy (non-hydrogen) atoms. The summed E-state index contributed by atoms with van der Waals surface area (Å²) in [4.78, 5) is 9.03. The van der Waals surface area contributed by atoms with Gasteiger partial charge in [-0.15, -0.1) is 0 Å². The third-order valence-corrected chi connectivity index (χ3v) is 3.27. The number of benzene rings is 2. The third kappa shape index (κ3) is 2.03. The van der Waals surface area contributed by atoms with Crippen LogP contribution >= 0.6 is 0 Å². The van der Waals surface area contributed by atoms with Crippen LogP contribution in [-0.4, -0.2) is 9.97 Å². The molecule has 94 valence electrons. The van der Waals surface area contributed by atoms with Crippen LogP contribution in [0.1, 0.15) is 11.1 Å². The lowest BCUT2D eigenvalue weighted by molar-refractivity contribution is 1.23. The van der Waals surface area contributed by atoms with Gasteiger partial charge in [-0.05, 0) is 25.5 Å². The minimum absolute atomic E-state index is 0.540. The van der Waals surface area contributed by atoms with Crippen molar-refractivity contribution in [2.75, 3.05) is 5.73 Å². The molecule has 3 heteroatoms. The SMILES string of the molecule is Cc1ccc(-c2nc(N)c3c(C)cccc3n2)cc1. The van der Waals surface area contributed by atoms with E-state index in [9.17, 15) is 0 Å². The van der Waals surface area contributed by atoms with Gasteiger partial charge in [-0.25, -0.2) is 9.97 Å². The van der Waals surface area contributed by atoms with E-state index < -0.39 is 0 Å². The maximum Gasteiger partial charge on any atom is 0.162 e. The number of hydrogen-bond donors (Lipinski definition) is 1. The predicted octanol–water partition coefficient (Wildman–Crippen LogP) is 3.50. The Bertz CT molecular complexity index is 746. The highest BCUT2D eigenvalue weighted by Gasteiger charge is 2.08. The highest BCUT2D eigenvalue weighted by atomic mass is 14.9. The normalized spacial score (nSPS) is 10.8. The van der Waals surface area contributed by atoms with Gasteiger partial charge >= 0.3 is 0 Å². The molecule has 1 aromatic heterocycles. The van der Waals surface area contributed by atoms with Gasteiger partial charge in [-0.3, -0.25) is 0 Å². The molecule has 3 rings (SSSR count). The van der Waals surface area contributed by atoms with Crippen molar-refractivity contribution in [3.05, 3.63) is 53.6 Å². The third-order valence-electron chi connectivity index (χ3n) is 3.27. The summed E-state index contributed by atoms with van der Waals surface area (Å²) in [5.41, 5.74) is 10.3. The van der Waals surface area contributed by atoms with Crippen LogP contribution in [0.4, 0.5) is 5.82 Å². The number of rotatable bonds is 1. The second-order valence-electron chi connectivity index (χ2n) is 4.77. The summed E-state index contributed by atoms with van der Waals surface area (Å²) >= 11 is 0. The molecule has 0 aliphatic carbocycles. The molecule has 2 N–H and O–H groups in total. The Morgan fingerprint density at radius 1 is 0.895 bits per heavy atom. The topological polar surface area (TPSA) is 51.8 Å². The molecule has 0 bridgehead atoms. The molecule has 0 saturated heterocycles. The Balaban J connectivity index is 2.24. The zero-order chi connectivity index (χ0) is 13.4. The van der Waals surface area contributed by atoms with Crippen LogP contribution in [0.5, 0.6) is 0 Å². The fourth-order valence-corrected chi connectivity index (χ4v) is 2.22. The second kappa shape index (κ2) is 4.35. The number of nitrogen functional groups attached to an aromatic ring is 1. The Labute approximate surface area is 112 Å². The zero-order valence-corrected chi connectivity index (χ0v) is 11.0. The van der Waals surface area contributed by atoms with Crippen LogP contribution in [0.2, 0.25) is 0 Å². The molecule has 1 heterocycles. The van der Waals surface area contributed by atoms with Crippen molar-refractivity contribution in [2.45, 2.75) is 13.8 Å². The van der Waals surface area contributed by atoms with E-state index in [1.54, 1.807) is 0 Å². The number of aromatic nitrogens is 2. The van der Waals surface area contributed by atoms with Crippen molar-refractivity contribution in [3.8, 4) is 11.4 Å². The van der Waals surface area contributed by atoms with E-state index in [0.29, 0.717) is 11.6 Å². The van der Waals surface area contributed by atoms with Crippen molar-refractivity contribution < 1.29 is 0 Å². The molecule has 0 unspecified atom stereocenters. The van der Waals surface area contributed by atoms with E-state index in [2.05, 4.69) is 29.0 Å². The van der Waals surface area contributed by atoms with Gasteiger partial charge in [0, 0.05) is 10.9 Å². The van der Waals surface area contributed by atoms with Crippen LogP contribution in [0.3, 0.4) is 0 Å². The maximum atomic E-state index is 6.07. The summed E-state index contributed by atoms with van der Waals surface area (Å²) in [7, 11) is 0. The van der Waals surface area contributed by atoms with E-state index >= 15 is 0 Å². The van der Waals surface area contributed by atoms with Gasteiger partial charge in [0.05, 0.1) is 5.52 Å². The van der Waals surface area contributed by atoms with Gasteiger partial charge in [0.2, 0.25) is 0 Å². The van der Waals surface area contributed by atoms with Crippen LogP contribution in [-0.2, 0) is 0 Å². The fraction of sp³-hybridized carbons (Fsp3) is 0.125. The summed E-state index contributed by atoms with van der Waals surface area (Å²) in [6.07, 6.45) is 0. The first-order chi connectivity index (χ1) is 9.15. The number of nitrogens with zero attached hydrogens (tertiary/aromatic N) is 2. The molecule has 3 nitrogen and oxygen atoms in total. The number of anilines is 1. The van der Waals surface area contributed by atoms with Crippen molar-refractivity contribution in [1.82, 2.24) is 9.97 Å². The van der Waals surface area contributed by atoms with Gasteiger partial charge < -0.3 is 5.73 Å². The average Bonchev–Trinajstić information content (AvgIpc) is 2.39. The van der Waals surface area contributed by atoms with Crippen molar-refractivity contribution in [1.29, 1.82) is 0 Å². The first-order valence-electron chi connectivity index (χ1n) is 6.25. The summed E-state index contributed by atoms with van der Waals surface area (Å²) in [5, 5.41) is 0.943. The first kappa shape index (κ1) is 11.7. The van der Waals surface area contributed by atoms with Crippen molar-refractivity contribution in [2.24, 2.45) is 0 Å². The lowest BCUT2D eigenvalue weighted by Gasteiger charge is -2.07. The van der Waals surface area contributed by atoms with Crippen LogP contribution in [0.15, 0.2) is 42.5 Å². The largest absolute Gasteiger partial charge is 0.383 e. The molecule has 0 aliphatic heterocycles. The summed E-state index contributed by atoms with van der Waals surface area (Å²) in [6, 6.07) is 14.1. The summed E-state index contributed by atoms with van der Waals surface area (Å²) in [6.45, 7) is 4.08. The van der Waals surface area contributed by atoms with E-state index in [-0.39, 0.29) is 0 Å². The Hall–Kier alpha value is -2.42. The van der Waals surface area contributed by atoms with Crippen molar-refractivity contribution >= 4 is 16.7 Å². The highest BCUT2D eigenvalue weighted by molar-refractivity contribution is 5.92. The summed E-state index contributed by atoms with van der Waals surface area (Å²) < 4.78 is 0. The lowest BCUT2D eigenvalue weighted by Crippen LogP contribution is -1.99. The molecule has 0 fully saturated rings. The van der Waals surface area contributed by atoms with Gasteiger partial charge in [0.1, 0.15) is 5.82 Å². The minimum Gasteiger partial charge on any atom is -0.383 e. The van der Waals surface area contributed by atoms with E-state index in [1.807, 2.05) is 37.3 Å². The average molecular weight is 249 g/mol. The molecular weight excluding hydrogens is 234 g/mol. The molecule has 0 radical (unpaired) electrons. The Morgan fingerprint density at radius 3 is 2.37 bits per heavy atom. The predicted molar refractivity (Wildman–Crippen MR) is 78.9 cm³/mol. The monoisotopic (exact) mass is 249 g/mol. The number of nitrogens with two attached hydrogens (primary N) is 1. The van der Waals surface area contributed by atoms with E-state index in [4.69, 9.17) is 5.73 Å². The first-order valence-corrected chi connectivity index (χ1v) is 6.25. The smallest absolute Gasteiger partial charge is 0.162 e. The molecule has 0 aliphatic rings. The van der Waals surface area contributed by atoms with E-state index in [1.165, 1.54) is 5.56 Å². The number of hydrogen-bond acceptors (Lipinski definition) is 3. The maximum absolute atomic E-state index is 6.07. The molecular formula is C16H15N3. The fourth-order valence-electron chi connectivity index (χ4n) is 2.22. The minimum atomic E-state index is 0.540. The number of aryl methyl sites for hydroxylation is 2. The summed E-state index contributed by atoms with van der Waals surface area (Å²) in [5.74, 6) is 1.22. The van der Waals surface area contributed by atoms with Gasteiger partial charge in [0.25, 0.3) is 0 Å².